The van der Waals surface area contributed by atoms with Crippen LogP contribution in [0.15, 0.2) is 17.5 Å². The van der Waals surface area contributed by atoms with Gasteiger partial charge in [-0.3, -0.25) is 4.79 Å². The highest BCUT2D eigenvalue weighted by Gasteiger charge is 2.26. The van der Waals surface area contributed by atoms with Gasteiger partial charge in [0.1, 0.15) is 5.82 Å². The predicted octanol–water partition coefficient (Wildman–Crippen LogP) is 2.87. The van der Waals surface area contributed by atoms with E-state index >= 15 is 0 Å². The topological polar surface area (TPSA) is 88.3 Å². The number of aryl methyl sites for hydroxylation is 1. The molecule has 0 unspecified atom stereocenters. The van der Waals surface area contributed by atoms with Gasteiger partial charge in [0.2, 0.25) is 5.91 Å². The lowest BCUT2D eigenvalue weighted by molar-refractivity contribution is -0.120. The Labute approximate surface area is 161 Å². The number of thiazole rings is 1. The number of rotatable bonds is 4. The van der Waals surface area contributed by atoms with E-state index in [1.807, 2.05) is 29.0 Å². The Bertz CT molecular complexity index is 956. The van der Waals surface area contributed by atoms with Crippen molar-refractivity contribution >= 4 is 33.8 Å². The molecule has 0 spiro atoms. The number of anilines is 2. The van der Waals surface area contributed by atoms with Crippen LogP contribution in [0.5, 0.6) is 0 Å². The molecule has 0 aliphatic carbocycles. The SMILES string of the molecule is Cc1csc(NC(=O)C2CCN(c3ccc4nnc(C(C)C)n4n3)CC2)n1. The molecule has 1 aliphatic heterocycles. The lowest BCUT2D eigenvalue weighted by Gasteiger charge is -2.31. The molecule has 142 valence electrons. The van der Waals surface area contributed by atoms with Crippen molar-refractivity contribution in [1.29, 1.82) is 0 Å². The summed E-state index contributed by atoms with van der Waals surface area (Å²) >= 11 is 1.47. The van der Waals surface area contributed by atoms with Gasteiger partial charge in [-0.1, -0.05) is 13.8 Å². The molecule has 3 aromatic heterocycles. The molecular formula is C18H23N7OS. The first-order valence-electron chi connectivity index (χ1n) is 9.21. The minimum absolute atomic E-state index is 0.00956. The normalized spacial score (nSPS) is 15.6. The molecule has 1 fully saturated rings. The Morgan fingerprint density at radius 3 is 2.70 bits per heavy atom. The Kier molecular flexibility index (Phi) is 4.77. The number of aromatic nitrogens is 5. The summed E-state index contributed by atoms with van der Waals surface area (Å²) in [6.45, 7) is 7.69. The quantitative estimate of drug-likeness (QED) is 0.743. The minimum atomic E-state index is 0.00956. The summed E-state index contributed by atoms with van der Waals surface area (Å²) in [6, 6.07) is 3.93. The first-order valence-corrected chi connectivity index (χ1v) is 10.1. The van der Waals surface area contributed by atoms with Crippen LogP contribution in [0, 0.1) is 12.8 Å². The van der Waals surface area contributed by atoms with Gasteiger partial charge in [0.25, 0.3) is 0 Å². The van der Waals surface area contributed by atoms with Crippen LogP contribution in [0.4, 0.5) is 10.9 Å². The summed E-state index contributed by atoms with van der Waals surface area (Å²) in [6.07, 6.45) is 1.60. The van der Waals surface area contributed by atoms with E-state index in [1.54, 1.807) is 0 Å². The Morgan fingerprint density at radius 1 is 1.26 bits per heavy atom. The zero-order valence-electron chi connectivity index (χ0n) is 15.7. The standard InChI is InChI=1S/C18H23N7OS/c1-11(2)16-22-21-14-4-5-15(23-25(14)16)24-8-6-13(7-9-24)17(26)20-18-19-12(3)10-27-18/h4-5,10-11,13H,6-9H2,1-3H3,(H,19,20,26). The number of fused-ring (bicyclic) bond motifs is 1. The van der Waals surface area contributed by atoms with Crippen molar-refractivity contribution in [1.82, 2.24) is 24.8 Å². The zero-order valence-corrected chi connectivity index (χ0v) is 16.5. The number of nitrogens with one attached hydrogen (secondary N) is 1. The molecule has 9 heteroatoms. The molecular weight excluding hydrogens is 362 g/mol. The predicted molar refractivity (Wildman–Crippen MR) is 105 cm³/mol. The second kappa shape index (κ2) is 7.22. The van der Waals surface area contributed by atoms with E-state index in [0.717, 1.165) is 48.9 Å². The van der Waals surface area contributed by atoms with E-state index in [0.29, 0.717) is 5.13 Å². The van der Waals surface area contributed by atoms with Crippen molar-refractivity contribution in [3.05, 3.63) is 29.0 Å². The third-order valence-corrected chi connectivity index (χ3v) is 5.70. The lowest BCUT2D eigenvalue weighted by Crippen LogP contribution is -2.38. The summed E-state index contributed by atoms with van der Waals surface area (Å²) in [5, 5.41) is 18.7. The fourth-order valence-corrected chi connectivity index (χ4v) is 4.01. The van der Waals surface area contributed by atoms with Gasteiger partial charge in [-0.05, 0) is 31.9 Å². The third-order valence-electron chi connectivity index (χ3n) is 4.83. The van der Waals surface area contributed by atoms with E-state index in [-0.39, 0.29) is 17.7 Å². The summed E-state index contributed by atoms with van der Waals surface area (Å²) in [5.74, 6) is 2.09. The number of hydrogen-bond donors (Lipinski definition) is 1. The molecule has 0 saturated carbocycles. The van der Waals surface area contributed by atoms with Crippen LogP contribution in [0.25, 0.3) is 5.65 Å². The molecule has 0 bridgehead atoms. The van der Waals surface area contributed by atoms with Crippen molar-refractivity contribution in [3.8, 4) is 0 Å². The summed E-state index contributed by atoms with van der Waals surface area (Å²) in [4.78, 5) is 19.0. The lowest BCUT2D eigenvalue weighted by atomic mass is 9.96. The highest BCUT2D eigenvalue weighted by atomic mass is 32.1. The first-order chi connectivity index (χ1) is 13.0. The fourth-order valence-electron chi connectivity index (χ4n) is 3.31. The summed E-state index contributed by atoms with van der Waals surface area (Å²) in [7, 11) is 0. The van der Waals surface area contributed by atoms with Crippen LogP contribution in [-0.2, 0) is 4.79 Å². The molecule has 1 N–H and O–H groups in total. The molecule has 27 heavy (non-hydrogen) atoms. The van der Waals surface area contributed by atoms with E-state index in [2.05, 4.69) is 39.2 Å². The Balaban J connectivity index is 1.42. The molecule has 8 nitrogen and oxygen atoms in total. The van der Waals surface area contributed by atoms with Crippen LogP contribution >= 0.6 is 11.3 Å². The molecule has 0 atom stereocenters. The van der Waals surface area contributed by atoms with Gasteiger partial charge in [-0.25, -0.2) is 4.98 Å². The Hall–Kier alpha value is -2.55. The van der Waals surface area contributed by atoms with E-state index in [1.165, 1.54) is 11.3 Å². The third kappa shape index (κ3) is 3.64. The van der Waals surface area contributed by atoms with Gasteiger partial charge >= 0.3 is 0 Å². The maximum Gasteiger partial charge on any atom is 0.229 e. The van der Waals surface area contributed by atoms with Crippen LogP contribution in [0.2, 0.25) is 0 Å². The number of carbonyl (C=O) groups excluding carboxylic acids is 1. The number of nitrogens with zero attached hydrogens (tertiary/aromatic N) is 6. The number of hydrogen-bond acceptors (Lipinski definition) is 7. The molecule has 1 amide bonds. The molecule has 4 rings (SSSR count). The summed E-state index contributed by atoms with van der Waals surface area (Å²) < 4.78 is 1.82. The van der Waals surface area contributed by atoms with Gasteiger partial charge in [0.05, 0.1) is 5.69 Å². The largest absolute Gasteiger partial charge is 0.355 e. The maximum absolute atomic E-state index is 12.5. The van der Waals surface area contributed by atoms with Crippen molar-refractivity contribution < 1.29 is 4.79 Å². The molecule has 4 heterocycles. The van der Waals surface area contributed by atoms with Gasteiger partial charge < -0.3 is 10.2 Å². The number of piperidine rings is 1. The van der Waals surface area contributed by atoms with Crippen LogP contribution in [-0.4, -0.2) is 43.8 Å². The number of amides is 1. The summed E-state index contributed by atoms with van der Waals surface area (Å²) in [5.41, 5.74) is 1.69. The second-order valence-corrected chi connectivity index (χ2v) is 8.08. The first kappa shape index (κ1) is 17.8. The molecule has 0 radical (unpaired) electrons. The number of carbonyl (C=O) groups is 1. The van der Waals surface area contributed by atoms with Gasteiger partial charge in [0.15, 0.2) is 16.6 Å². The van der Waals surface area contributed by atoms with Gasteiger partial charge in [-0.2, -0.15) is 4.52 Å². The molecule has 1 saturated heterocycles. The van der Waals surface area contributed by atoms with E-state index in [4.69, 9.17) is 5.10 Å². The van der Waals surface area contributed by atoms with Gasteiger partial charge in [0, 0.05) is 30.3 Å². The van der Waals surface area contributed by atoms with Crippen LogP contribution in [0.1, 0.15) is 44.1 Å². The highest BCUT2D eigenvalue weighted by Crippen LogP contribution is 2.24. The van der Waals surface area contributed by atoms with Crippen LogP contribution in [0.3, 0.4) is 0 Å². The molecule has 0 aromatic carbocycles. The average molecular weight is 385 g/mol. The molecule has 1 aliphatic rings. The van der Waals surface area contributed by atoms with Crippen molar-refractivity contribution in [3.63, 3.8) is 0 Å². The smallest absolute Gasteiger partial charge is 0.229 e. The van der Waals surface area contributed by atoms with Gasteiger partial charge in [-0.15, -0.1) is 26.6 Å². The van der Waals surface area contributed by atoms with Crippen molar-refractivity contribution in [2.45, 2.75) is 39.5 Å². The van der Waals surface area contributed by atoms with Crippen molar-refractivity contribution in [2.75, 3.05) is 23.3 Å². The van der Waals surface area contributed by atoms with E-state index < -0.39 is 0 Å². The fraction of sp³-hybridized carbons (Fsp3) is 0.500. The van der Waals surface area contributed by atoms with Crippen molar-refractivity contribution in [2.24, 2.45) is 5.92 Å². The van der Waals surface area contributed by atoms with E-state index in [9.17, 15) is 4.79 Å². The average Bonchev–Trinajstić information content (AvgIpc) is 3.27. The zero-order chi connectivity index (χ0) is 19.0. The highest BCUT2D eigenvalue weighted by molar-refractivity contribution is 7.13. The van der Waals surface area contributed by atoms with Crippen LogP contribution < -0.4 is 10.2 Å². The second-order valence-electron chi connectivity index (χ2n) is 7.22. The Morgan fingerprint density at radius 2 is 2.04 bits per heavy atom. The maximum atomic E-state index is 12.5. The molecule has 3 aromatic rings. The monoisotopic (exact) mass is 385 g/mol. The minimum Gasteiger partial charge on any atom is -0.355 e.